The molecular weight excluding hydrogens is 446 g/mol. The zero-order valence-electron chi connectivity index (χ0n) is 21.3. The summed E-state index contributed by atoms with van der Waals surface area (Å²) in [6.07, 6.45) is 7.39. The van der Waals surface area contributed by atoms with Crippen molar-refractivity contribution in [3.05, 3.63) is 29.3 Å². The zero-order valence-corrected chi connectivity index (χ0v) is 21.3. The van der Waals surface area contributed by atoms with Crippen molar-refractivity contribution in [1.82, 2.24) is 14.7 Å². The number of aldehydes is 1. The second-order valence-corrected chi connectivity index (χ2v) is 9.88. The number of carbonyl (C=O) groups is 4. The third-order valence-electron chi connectivity index (χ3n) is 7.72. The number of likely N-dealkylation sites (tertiary alicyclic amines) is 2. The molecule has 2 saturated heterocycles. The van der Waals surface area contributed by atoms with Gasteiger partial charge < -0.3 is 19.4 Å². The van der Waals surface area contributed by atoms with Gasteiger partial charge in [0, 0.05) is 44.8 Å². The summed E-state index contributed by atoms with van der Waals surface area (Å²) in [7, 11) is 1.73. The summed E-state index contributed by atoms with van der Waals surface area (Å²) in [5, 5.41) is 0. The van der Waals surface area contributed by atoms with Crippen molar-refractivity contribution in [2.45, 2.75) is 58.4 Å². The number of hydrogen-bond acceptors (Lipinski definition) is 5. The SMILES string of the molecule is CCCC(C)N(C)C(=O)c1c(C=O)cccc1OCC(=O)N1CCC(C2CCN(C=O)CC2)CC1. The summed E-state index contributed by atoms with van der Waals surface area (Å²) in [5.74, 6) is 1.08. The molecule has 0 radical (unpaired) electrons. The normalized spacial score (nSPS) is 18.1. The molecule has 3 amide bonds. The van der Waals surface area contributed by atoms with Gasteiger partial charge in [-0.2, -0.15) is 0 Å². The molecule has 2 aliphatic heterocycles. The maximum absolute atomic E-state index is 13.2. The molecule has 0 N–H and O–H groups in total. The standard InChI is InChI=1S/C27H39N3O5/c1-4-6-20(2)28(3)27(34)26-23(17-31)7-5-8-24(26)35-18-25(33)30-15-11-22(12-16-30)21-9-13-29(19-32)14-10-21/h5,7-8,17,19-22H,4,6,9-16,18H2,1-3H3. The third-order valence-corrected chi connectivity index (χ3v) is 7.72. The minimum absolute atomic E-state index is 0.0219. The molecule has 0 aromatic heterocycles. The van der Waals surface area contributed by atoms with Gasteiger partial charge in [-0.05, 0) is 56.9 Å². The molecule has 35 heavy (non-hydrogen) atoms. The maximum Gasteiger partial charge on any atom is 0.260 e. The Labute approximate surface area is 208 Å². The molecule has 0 spiro atoms. The fourth-order valence-corrected chi connectivity index (χ4v) is 5.33. The predicted octanol–water partition coefficient (Wildman–Crippen LogP) is 3.25. The second-order valence-electron chi connectivity index (χ2n) is 9.88. The van der Waals surface area contributed by atoms with E-state index in [-0.39, 0.29) is 41.3 Å². The van der Waals surface area contributed by atoms with Crippen molar-refractivity contribution in [2.75, 3.05) is 39.8 Å². The molecule has 1 aromatic carbocycles. The highest BCUT2D eigenvalue weighted by atomic mass is 16.5. The highest BCUT2D eigenvalue weighted by Gasteiger charge is 2.31. The van der Waals surface area contributed by atoms with E-state index >= 15 is 0 Å². The van der Waals surface area contributed by atoms with Crippen molar-refractivity contribution in [3.8, 4) is 5.75 Å². The van der Waals surface area contributed by atoms with Crippen LogP contribution < -0.4 is 4.74 Å². The van der Waals surface area contributed by atoms with Crippen LogP contribution >= 0.6 is 0 Å². The van der Waals surface area contributed by atoms with Crippen LogP contribution in [0.4, 0.5) is 0 Å². The van der Waals surface area contributed by atoms with E-state index in [1.165, 1.54) is 0 Å². The summed E-state index contributed by atoms with van der Waals surface area (Å²) in [4.78, 5) is 54.0. The Morgan fingerprint density at radius 2 is 1.71 bits per heavy atom. The van der Waals surface area contributed by atoms with Crippen LogP contribution in [-0.2, 0) is 9.59 Å². The number of rotatable bonds is 10. The first-order valence-electron chi connectivity index (χ1n) is 12.8. The summed E-state index contributed by atoms with van der Waals surface area (Å²) in [5.41, 5.74) is 0.470. The minimum Gasteiger partial charge on any atom is -0.483 e. The van der Waals surface area contributed by atoms with Crippen molar-refractivity contribution in [1.29, 1.82) is 0 Å². The van der Waals surface area contributed by atoms with Crippen LogP contribution in [0.15, 0.2) is 18.2 Å². The Hall–Kier alpha value is -2.90. The Morgan fingerprint density at radius 3 is 2.29 bits per heavy atom. The zero-order chi connectivity index (χ0) is 25.4. The molecule has 0 bridgehead atoms. The van der Waals surface area contributed by atoms with Gasteiger partial charge in [0.2, 0.25) is 6.41 Å². The third kappa shape index (κ3) is 6.61. The van der Waals surface area contributed by atoms with E-state index in [1.807, 2.05) is 16.7 Å². The molecule has 192 valence electrons. The van der Waals surface area contributed by atoms with Gasteiger partial charge in [0.15, 0.2) is 12.9 Å². The highest BCUT2D eigenvalue weighted by molar-refractivity contribution is 6.04. The number of nitrogens with zero attached hydrogens (tertiary/aromatic N) is 3. The molecule has 0 saturated carbocycles. The molecular formula is C27H39N3O5. The summed E-state index contributed by atoms with van der Waals surface area (Å²) in [6.45, 7) is 6.91. The average molecular weight is 486 g/mol. The van der Waals surface area contributed by atoms with E-state index in [0.717, 1.165) is 58.0 Å². The van der Waals surface area contributed by atoms with E-state index < -0.39 is 0 Å². The topological polar surface area (TPSA) is 87.2 Å². The fraction of sp³-hybridized carbons (Fsp3) is 0.630. The lowest BCUT2D eigenvalue weighted by molar-refractivity contribution is -0.135. The molecule has 2 fully saturated rings. The quantitative estimate of drug-likeness (QED) is 0.475. The largest absolute Gasteiger partial charge is 0.483 e. The summed E-state index contributed by atoms with van der Waals surface area (Å²) < 4.78 is 5.84. The first kappa shape index (κ1) is 26.7. The lowest BCUT2D eigenvalue weighted by Gasteiger charge is -2.39. The van der Waals surface area contributed by atoms with Crippen molar-refractivity contribution in [2.24, 2.45) is 11.8 Å². The molecule has 1 unspecified atom stereocenters. The van der Waals surface area contributed by atoms with Crippen LogP contribution in [0.2, 0.25) is 0 Å². The van der Waals surface area contributed by atoms with Crippen LogP contribution in [0, 0.1) is 11.8 Å². The van der Waals surface area contributed by atoms with Crippen LogP contribution in [0.1, 0.15) is 73.1 Å². The maximum atomic E-state index is 13.2. The second kappa shape index (κ2) is 12.7. The number of hydrogen-bond donors (Lipinski definition) is 0. The van der Waals surface area contributed by atoms with Gasteiger partial charge >= 0.3 is 0 Å². The molecule has 0 aliphatic carbocycles. The first-order chi connectivity index (χ1) is 16.9. The van der Waals surface area contributed by atoms with Crippen LogP contribution in [-0.4, -0.2) is 85.1 Å². The number of carbonyl (C=O) groups excluding carboxylic acids is 4. The molecule has 8 nitrogen and oxygen atoms in total. The Kier molecular flexibility index (Phi) is 9.69. The van der Waals surface area contributed by atoms with Crippen LogP contribution in [0.3, 0.4) is 0 Å². The number of ether oxygens (including phenoxy) is 1. The Morgan fingerprint density at radius 1 is 1.09 bits per heavy atom. The van der Waals surface area contributed by atoms with E-state index in [4.69, 9.17) is 4.74 Å². The van der Waals surface area contributed by atoms with Gasteiger partial charge in [-0.25, -0.2) is 0 Å². The van der Waals surface area contributed by atoms with Crippen molar-refractivity contribution >= 4 is 24.5 Å². The lowest BCUT2D eigenvalue weighted by atomic mass is 9.79. The van der Waals surface area contributed by atoms with Crippen LogP contribution in [0.5, 0.6) is 5.75 Å². The van der Waals surface area contributed by atoms with Crippen molar-refractivity contribution in [3.63, 3.8) is 0 Å². The van der Waals surface area contributed by atoms with Gasteiger partial charge in [0.05, 0.1) is 5.56 Å². The van der Waals surface area contributed by atoms with E-state index in [0.29, 0.717) is 31.2 Å². The molecule has 1 atom stereocenters. The number of amides is 3. The van der Waals surface area contributed by atoms with E-state index in [9.17, 15) is 19.2 Å². The predicted molar refractivity (Wildman–Crippen MR) is 133 cm³/mol. The number of benzene rings is 1. The van der Waals surface area contributed by atoms with Gasteiger partial charge in [-0.1, -0.05) is 25.5 Å². The Bertz CT molecular complexity index is 889. The minimum atomic E-state index is -0.280. The molecule has 2 heterocycles. The first-order valence-corrected chi connectivity index (χ1v) is 12.8. The molecule has 1 aromatic rings. The van der Waals surface area contributed by atoms with Gasteiger partial charge in [-0.3, -0.25) is 19.2 Å². The smallest absolute Gasteiger partial charge is 0.260 e. The van der Waals surface area contributed by atoms with E-state index in [1.54, 1.807) is 30.1 Å². The van der Waals surface area contributed by atoms with Gasteiger partial charge in [-0.15, -0.1) is 0 Å². The Balaban J connectivity index is 1.58. The van der Waals surface area contributed by atoms with Crippen LogP contribution in [0.25, 0.3) is 0 Å². The molecule has 2 aliphatic rings. The van der Waals surface area contributed by atoms with Crippen molar-refractivity contribution < 1.29 is 23.9 Å². The summed E-state index contributed by atoms with van der Waals surface area (Å²) in [6, 6.07) is 4.92. The average Bonchev–Trinajstić information content (AvgIpc) is 2.90. The van der Waals surface area contributed by atoms with E-state index in [2.05, 4.69) is 6.92 Å². The monoisotopic (exact) mass is 485 g/mol. The number of piperidine rings is 2. The fourth-order valence-electron chi connectivity index (χ4n) is 5.33. The lowest BCUT2D eigenvalue weighted by Crippen LogP contribution is -2.44. The highest BCUT2D eigenvalue weighted by Crippen LogP contribution is 2.32. The summed E-state index contributed by atoms with van der Waals surface area (Å²) >= 11 is 0. The molecule has 3 rings (SSSR count). The van der Waals surface area contributed by atoms with Gasteiger partial charge in [0.1, 0.15) is 5.75 Å². The van der Waals surface area contributed by atoms with Gasteiger partial charge in [0.25, 0.3) is 11.8 Å². The molecule has 8 heteroatoms.